The van der Waals surface area contributed by atoms with E-state index in [1.807, 2.05) is 0 Å². The van der Waals surface area contributed by atoms with Crippen molar-refractivity contribution < 1.29 is 4.74 Å². The molecule has 1 aliphatic rings. The molecule has 3 heteroatoms. The average molecular weight is 200 g/mol. The van der Waals surface area contributed by atoms with Crippen molar-refractivity contribution in [3.8, 4) is 0 Å². The first-order valence-electron chi connectivity index (χ1n) is 5.72. The molecule has 1 rings (SSSR count). The number of likely N-dealkylation sites (tertiary alicyclic amines) is 1. The number of hydrogen-bond acceptors (Lipinski definition) is 3. The minimum Gasteiger partial charge on any atom is -0.383 e. The van der Waals surface area contributed by atoms with Gasteiger partial charge >= 0.3 is 0 Å². The lowest BCUT2D eigenvalue weighted by Crippen LogP contribution is -2.48. The number of rotatable bonds is 5. The maximum atomic E-state index is 5.04. The molecule has 0 amide bonds. The Bertz CT molecular complexity index is 150. The Hall–Kier alpha value is -0.120. The van der Waals surface area contributed by atoms with E-state index in [4.69, 9.17) is 4.74 Å². The highest BCUT2D eigenvalue weighted by Crippen LogP contribution is 2.15. The molecule has 1 fully saturated rings. The molecule has 0 bridgehead atoms. The maximum absolute atomic E-state index is 5.04. The van der Waals surface area contributed by atoms with Crippen LogP contribution in [0.2, 0.25) is 0 Å². The first-order chi connectivity index (χ1) is 6.77. The van der Waals surface area contributed by atoms with Crippen molar-refractivity contribution >= 4 is 0 Å². The molecular formula is C11H24N2O. The van der Waals surface area contributed by atoms with Gasteiger partial charge in [0.1, 0.15) is 0 Å². The van der Waals surface area contributed by atoms with Crippen molar-refractivity contribution in [3.05, 3.63) is 0 Å². The standard InChI is InChI=1S/C11H24N2O/c1-4-13-7-5-11(10(2)9-13)12-6-8-14-3/h10-12H,4-9H2,1-3H3. The minimum absolute atomic E-state index is 0.688. The van der Waals surface area contributed by atoms with E-state index in [0.29, 0.717) is 6.04 Å². The van der Waals surface area contributed by atoms with E-state index in [1.165, 1.54) is 26.1 Å². The summed E-state index contributed by atoms with van der Waals surface area (Å²) in [6, 6.07) is 0.688. The third-order valence-corrected chi connectivity index (χ3v) is 3.15. The van der Waals surface area contributed by atoms with Gasteiger partial charge in [0.25, 0.3) is 0 Å². The fourth-order valence-corrected chi connectivity index (χ4v) is 2.17. The van der Waals surface area contributed by atoms with E-state index in [0.717, 1.165) is 19.1 Å². The molecule has 0 saturated carbocycles. The first-order valence-corrected chi connectivity index (χ1v) is 5.72. The molecule has 3 nitrogen and oxygen atoms in total. The van der Waals surface area contributed by atoms with Gasteiger partial charge in [-0.05, 0) is 25.4 Å². The van der Waals surface area contributed by atoms with Crippen molar-refractivity contribution in [1.29, 1.82) is 0 Å². The topological polar surface area (TPSA) is 24.5 Å². The smallest absolute Gasteiger partial charge is 0.0587 e. The summed E-state index contributed by atoms with van der Waals surface area (Å²) in [6.45, 7) is 10.1. The van der Waals surface area contributed by atoms with Crippen LogP contribution >= 0.6 is 0 Å². The zero-order valence-electron chi connectivity index (χ0n) is 9.75. The van der Waals surface area contributed by atoms with E-state index in [1.54, 1.807) is 7.11 Å². The van der Waals surface area contributed by atoms with Crippen LogP contribution in [0.1, 0.15) is 20.3 Å². The molecule has 0 aliphatic carbocycles. The maximum Gasteiger partial charge on any atom is 0.0587 e. The monoisotopic (exact) mass is 200 g/mol. The summed E-state index contributed by atoms with van der Waals surface area (Å²) in [5, 5.41) is 3.57. The number of nitrogens with zero attached hydrogens (tertiary/aromatic N) is 1. The molecule has 1 aliphatic heterocycles. The van der Waals surface area contributed by atoms with Gasteiger partial charge in [0.2, 0.25) is 0 Å². The number of methoxy groups -OCH3 is 1. The summed E-state index contributed by atoms with van der Waals surface area (Å²) in [7, 11) is 1.75. The van der Waals surface area contributed by atoms with E-state index in [2.05, 4.69) is 24.1 Å². The van der Waals surface area contributed by atoms with Gasteiger partial charge in [-0.2, -0.15) is 0 Å². The van der Waals surface area contributed by atoms with Crippen LogP contribution in [-0.2, 0) is 4.74 Å². The van der Waals surface area contributed by atoms with Crippen LogP contribution in [0.25, 0.3) is 0 Å². The lowest BCUT2D eigenvalue weighted by Gasteiger charge is -2.36. The van der Waals surface area contributed by atoms with E-state index >= 15 is 0 Å². The van der Waals surface area contributed by atoms with Crippen molar-refractivity contribution in [2.75, 3.05) is 39.9 Å². The molecule has 0 spiro atoms. The Balaban J connectivity index is 2.20. The van der Waals surface area contributed by atoms with Crippen LogP contribution < -0.4 is 5.32 Å². The molecule has 1 heterocycles. The fourth-order valence-electron chi connectivity index (χ4n) is 2.17. The Morgan fingerprint density at radius 1 is 1.50 bits per heavy atom. The summed E-state index contributed by atoms with van der Waals surface area (Å²) >= 11 is 0. The van der Waals surface area contributed by atoms with Gasteiger partial charge < -0.3 is 15.0 Å². The lowest BCUT2D eigenvalue weighted by atomic mass is 9.94. The zero-order chi connectivity index (χ0) is 10.4. The summed E-state index contributed by atoms with van der Waals surface area (Å²) < 4.78 is 5.04. The number of ether oxygens (including phenoxy) is 1. The largest absolute Gasteiger partial charge is 0.383 e. The summed E-state index contributed by atoms with van der Waals surface area (Å²) in [5.74, 6) is 0.764. The van der Waals surface area contributed by atoms with Gasteiger partial charge in [-0.15, -0.1) is 0 Å². The highest BCUT2D eigenvalue weighted by Gasteiger charge is 2.24. The second-order valence-electron chi connectivity index (χ2n) is 4.21. The highest BCUT2D eigenvalue weighted by molar-refractivity contribution is 4.82. The molecular weight excluding hydrogens is 176 g/mol. The van der Waals surface area contributed by atoms with E-state index in [-0.39, 0.29) is 0 Å². The predicted octanol–water partition coefficient (Wildman–Crippen LogP) is 0.953. The molecule has 0 aromatic heterocycles. The highest BCUT2D eigenvalue weighted by atomic mass is 16.5. The molecule has 0 radical (unpaired) electrons. The molecule has 14 heavy (non-hydrogen) atoms. The Morgan fingerprint density at radius 3 is 2.86 bits per heavy atom. The van der Waals surface area contributed by atoms with Gasteiger partial charge in [0, 0.05) is 26.2 Å². The van der Waals surface area contributed by atoms with Gasteiger partial charge in [-0.3, -0.25) is 0 Å². The predicted molar refractivity (Wildman–Crippen MR) is 59.6 cm³/mol. The van der Waals surface area contributed by atoms with Crippen LogP contribution in [0, 0.1) is 5.92 Å². The third kappa shape index (κ3) is 3.56. The number of nitrogens with one attached hydrogen (secondary N) is 1. The van der Waals surface area contributed by atoms with Crippen molar-refractivity contribution in [2.45, 2.75) is 26.3 Å². The van der Waals surface area contributed by atoms with Crippen LogP contribution in [0.15, 0.2) is 0 Å². The molecule has 84 valence electrons. The van der Waals surface area contributed by atoms with Gasteiger partial charge in [0.15, 0.2) is 0 Å². The average Bonchev–Trinajstić information content (AvgIpc) is 2.20. The quantitative estimate of drug-likeness (QED) is 0.669. The van der Waals surface area contributed by atoms with Crippen molar-refractivity contribution in [3.63, 3.8) is 0 Å². The normalized spacial score (nSPS) is 29.4. The lowest BCUT2D eigenvalue weighted by molar-refractivity contribution is 0.140. The second kappa shape index (κ2) is 6.38. The summed E-state index contributed by atoms with van der Waals surface area (Å²) in [6.07, 6.45) is 1.28. The molecule has 0 aromatic carbocycles. The van der Waals surface area contributed by atoms with Gasteiger partial charge in [-0.1, -0.05) is 13.8 Å². The van der Waals surface area contributed by atoms with E-state index in [9.17, 15) is 0 Å². The van der Waals surface area contributed by atoms with Gasteiger partial charge in [0.05, 0.1) is 6.61 Å². The molecule has 0 aromatic rings. The molecule has 2 unspecified atom stereocenters. The van der Waals surface area contributed by atoms with Crippen molar-refractivity contribution in [2.24, 2.45) is 5.92 Å². The van der Waals surface area contributed by atoms with Crippen LogP contribution in [0.5, 0.6) is 0 Å². The van der Waals surface area contributed by atoms with Crippen LogP contribution in [0.4, 0.5) is 0 Å². The zero-order valence-corrected chi connectivity index (χ0v) is 9.75. The summed E-state index contributed by atoms with van der Waals surface area (Å²) in [5.41, 5.74) is 0. The minimum atomic E-state index is 0.688. The molecule has 2 atom stereocenters. The van der Waals surface area contributed by atoms with Gasteiger partial charge in [-0.25, -0.2) is 0 Å². The molecule has 1 saturated heterocycles. The van der Waals surface area contributed by atoms with Crippen molar-refractivity contribution in [1.82, 2.24) is 10.2 Å². The first kappa shape index (κ1) is 12.0. The molecule has 1 N–H and O–H groups in total. The van der Waals surface area contributed by atoms with Crippen LogP contribution in [0.3, 0.4) is 0 Å². The van der Waals surface area contributed by atoms with E-state index < -0.39 is 0 Å². The Labute approximate surface area is 87.8 Å². The number of hydrogen-bond donors (Lipinski definition) is 1. The van der Waals surface area contributed by atoms with Crippen LogP contribution in [-0.4, -0.2) is 50.8 Å². The number of piperidine rings is 1. The SMILES string of the molecule is CCN1CCC(NCCOC)C(C)C1. The second-order valence-corrected chi connectivity index (χ2v) is 4.21. The third-order valence-electron chi connectivity index (χ3n) is 3.15. The fraction of sp³-hybridized carbons (Fsp3) is 1.00. The Kier molecular flexibility index (Phi) is 5.45. The Morgan fingerprint density at radius 2 is 2.29 bits per heavy atom. The summed E-state index contributed by atoms with van der Waals surface area (Å²) in [4.78, 5) is 2.53.